The fourth-order valence-electron chi connectivity index (χ4n) is 3.37. The van der Waals surface area contributed by atoms with Crippen molar-refractivity contribution in [2.75, 3.05) is 18.4 Å². The van der Waals surface area contributed by atoms with Crippen molar-refractivity contribution in [2.45, 2.75) is 33.4 Å². The molecule has 0 spiro atoms. The lowest BCUT2D eigenvalue weighted by atomic mass is 10.1. The number of ether oxygens (including phenoxy) is 1. The number of thiazole rings is 1. The van der Waals surface area contributed by atoms with Gasteiger partial charge in [0.15, 0.2) is 5.13 Å². The largest absolute Gasteiger partial charge is 0.470 e. The van der Waals surface area contributed by atoms with Crippen LogP contribution in [0.1, 0.15) is 18.7 Å². The number of nitrogens with one attached hydrogen (secondary N) is 1. The molecule has 152 valence electrons. The number of hydrogen-bond acceptors (Lipinski definition) is 6. The van der Waals surface area contributed by atoms with E-state index in [1.54, 1.807) is 16.2 Å². The van der Waals surface area contributed by atoms with Gasteiger partial charge in [0, 0.05) is 29.9 Å². The van der Waals surface area contributed by atoms with E-state index in [9.17, 15) is 4.79 Å². The molecule has 0 bridgehead atoms. The summed E-state index contributed by atoms with van der Waals surface area (Å²) in [4.78, 5) is 23.6. The number of carbonyl (C=O) groups is 1. The zero-order valence-electron chi connectivity index (χ0n) is 16.9. The third-order valence-corrected chi connectivity index (χ3v) is 5.59. The van der Waals surface area contributed by atoms with Crippen LogP contribution < -0.4 is 10.1 Å². The molecule has 0 radical (unpaired) electrons. The molecule has 0 saturated carbocycles. The third kappa shape index (κ3) is 4.12. The predicted molar refractivity (Wildman–Crippen MR) is 116 cm³/mol. The number of hydrogen-bond donors (Lipinski definition) is 1. The zero-order valence-corrected chi connectivity index (χ0v) is 17.7. The maximum absolute atomic E-state index is 11.7. The molecule has 0 aromatic carbocycles. The first kappa shape index (κ1) is 19.4. The Balaban J connectivity index is 1.63. The van der Waals surface area contributed by atoms with Crippen LogP contribution >= 0.6 is 11.3 Å². The van der Waals surface area contributed by atoms with Crippen LogP contribution in [0.4, 0.5) is 10.9 Å². The summed E-state index contributed by atoms with van der Waals surface area (Å²) < 4.78 is 8.40. The van der Waals surface area contributed by atoms with Crippen molar-refractivity contribution in [1.82, 2.24) is 19.4 Å². The van der Waals surface area contributed by atoms with E-state index in [2.05, 4.69) is 41.5 Å². The van der Waals surface area contributed by atoms with E-state index in [1.165, 1.54) is 6.08 Å². The van der Waals surface area contributed by atoms with E-state index in [0.29, 0.717) is 30.7 Å². The highest BCUT2D eigenvalue weighted by Gasteiger charge is 2.32. The number of nitrogens with zero attached hydrogens (tertiary/aromatic N) is 4. The normalized spacial score (nSPS) is 14.3. The molecule has 0 atom stereocenters. The van der Waals surface area contributed by atoms with Gasteiger partial charge >= 0.3 is 0 Å². The molecule has 1 amide bonds. The monoisotopic (exact) mass is 411 g/mol. The Morgan fingerprint density at radius 2 is 2.28 bits per heavy atom. The van der Waals surface area contributed by atoms with Crippen molar-refractivity contribution in [2.24, 2.45) is 5.92 Å². The van der Waals surface area contributed by atoms with Crippen LogP contribution in [-0.2, 0) is 11.3 Å². The molecule has 1 N–H and O–H groups in total. The molecule has 0 aliphatic carbocycles. The lowest BCUT2D eigenvalue weighted by molar-refractivity contribution is -0.134. The molecular weight excluding hydrogens is 386 g/mol. The van der Waals surface area contributed by atoms with E-state index in [1.807, 2.05) is 25.3 Å². The fraction of sp³-hybridized carbons (Fsp3) is 0.381. The van der Waals surface area contributed by atoms with E-state index < -0.39 is 0 Å². The smallest absolute Gasteiger partial charge is 0.246 e. The quantitative estimate of drug-likeness (QED) is 0.596. The lowest BCUT2D eigenvalue weighted by Crippen LogP contribution is -2.55. The lowest BCUT2D eigenvalue weighted by Gasteiger charge is -2.38. The van der Waals surface area contributed by atoms with Gasteiger partial charge in [-0.2, -0.15) is 4.98 Å². The van der Waals surface area contributed by atoms with E-state index in [-0.39, 0.29) is 12.0 Å². The SMILES string of the molecule is C=CC(=O)N1CC(Oc2nc(Nc3ncc(C)s3)cc3c2ccn3CC(C)C)C1. The minimum atomic E-state index is -0.0691. The molecule has 3 aromatic heterocycles. The van der Waals surface area contributed by atoms with Gasteiger partial charge in [-0.3, -0.25) is 4.79 Å². The van der Waals surface area contributed by atoms with Gasteiger partial charge in [-0.05, 0) is 25.0 Å². The maximum Gasteiger partial charge on any atom is 0.246 e. The number of amides is 1. The van der Waals surface area contributed by atoms with E-state index in [0.717, 1.165) is 27.5 Å². The number of anilines is 2. The second-order valence-corrected chi connectivity index (χ2v) is 8.93. The summed E-state index contributed by atoms with van der Waals surface area (Å²) in [6, 6.07) is 4.08. The molecule has 1 aliphatic rings. The van der Waals surface area contributed by atoms with Gasteiger partial charge < -0.3 is 19.5 Å². The predicted octanol–water partition coefficient (Wildman–Crippen LogP) is 3.98. The number of likely N-dealkylation sites (tertiary alicyclic amines) is 1. The van der Waals surface area contributed by atoms with Crippen LogP contribution in [-0.4, -0.2) is 44.5 Å². The zero-order chi connectivity index (χ0) is 20.5. The Morgan fingerprint density at radius 1 is 1.48 bits per heavy atom. The van der Waals surface area contributed by atoms with Crippen molar-refractivity contribution in [3.63, 3.8) is 0 Å². The summed E-state index contributed by atoms with van der Waals surface area (Å²) in [6.45, 7) is 11.9. The van der Waals surface area contributed by atoms with Crippen LogP contribution in [0.2, 0.25) is 0 Å². The van der Waals surface area contributed by atoms with Crippen LogP contribution in [0.3, 0.4) is 0 Å². The molecule has 8 heteroatoms. The number of rotatable bonds is 7. The molecule has 1 saturated heterocycles. The van der Waals surface area contributed by atoms with Crippen LogP contribution in [0.15, 0.2) is 37.2 Å². The minimum absolute atomic E-state index is 0.0689. The minimum Gasteiger partial charge on any atom is -0.470 e. The van der Waals surface area contributed by atoms with Gasteiger partial charge in [0.2, 0.25) is 11.8 Å². The molecule has 0 unspecified atom stereocenters. The highest BCUT2D eigenvalue weighted by atomic mass is 32.1. The van der Waals surface area contributed by atoms with Crippen LogP contribution in [0.25, 0.3) is 10.9 Å². The molecule has 4 rings (SSSR count). The maximum atomic E-state index is 11.7. The van der Waals surface area contributed by atoms with Crippen LogP contribution in [0, 0.1) is 12.8 Å². The Labute approximate surface area is 174 Å². The number of pyridine rings is 1. The number of carbonyl (C=O) groups excluding carboxylic acids is 1. The summed E-state index contributed by atoms with van der Waals surface area (Å²) >= 11 is 1.58. The Kier molecular flexibility index (Phi) is 5.27. The van der Waals surface area contributed by atoms with Crippen molar-refractivity contribution in [1.29, 1.82) is 0 Å². The summed E-state index contributed by atoms with van der Waals surface area (Å²) in [7, 11) is 0. The van der Waals surface area contributed by atoms with Gasteiger partial charge in [0.25, 0.3) is 0 Å². The average Bonchev–Trinajstić information content (AvgIpc) is 3.23. The molecule has 1 aliphatic heterocycles. The Hall–Kier alpha value is -2.87. The summed E-state index contributed by atoms with van der Waals surface area (Å²) in [6.07, 6.45) is 5.18. The summed E-state index contributed by atoms with van der Waals surface area (Å²) in [5, 5.41) is 5.07. The third-order valence-electron chi connectivity index (χ3n) is 4.76. The Morgan fingerprint density at radius 3 is 2.93 bits per heavy atom. The van der Waals surface area contributed by atoms with E-state index in [4.69, 9.17) is 9.72 Å². The van der Waals surface area contributed by atoms with Gasteiger partial charge in [0.1, 0.15) is 11.9 Å². The van der Waals surface area contributed by atoms with Gasteiger partial charge in [-0.25, -0.2) is 4.98 Å². The Bertz CT molecular complexity index is 1050. The van der Waals surface area contributed by atoms with Crippen LogP contribution in [0.5, 0.6) is 5.88 Å². The van der Waals surface area contributed by atoms with Gasteiger partial charge in [0.05, 0.1) is 24.0 Å². The number of aryl methyl sites for hydroxylation is 1. The molecule has 4 heterocycles. The summed E-state index contributed by atoms with van der Waals surface area (Å²) in [5.41, 5.74) is 1.07. The first-order valence-electron chi connectivity index (χ1n) is 9.70. The van der Waals surface area contributed by atoms with Gasteiger partial charge in [-0.15, -0.1) is 11.3 Å². The molecular formula is C21H25N5O2S. The van der Waals surface area contributed by atoms with E-state index >= 15 is 0 Å². The fourth-order valence-corrected chi connectivity index (χ4v) is 4.04. The topological polar surface area (TPSA) is 72.3 Å². The van der Waals surface area contributed by atoms with Crippen molar-refractivity contribution in [3.8, 4) is 5.88 Å². The first-order chi connectivity index (χ1) is 13.9. The summed E-state index contributed by atoms with van der Waals surface area (Å²) in [5.74, 6) is 1.73. The standard InChI is InChI=1S/C21H25N5O2S/c1-5-19(27)26-11-15(12-26)28-20-16-6-7-25(10-13(2)3)17(16)8-18(23-20)24-21-22-9-14(4)29-21/h5-9,13,15H,1,10-12H2,2-4H3,(H,22,23,24). The van der Waals surface area contributed by atoms with Crippen molar-refractivity contribution >= 4 is 39.1 Å². The highest BCUT2D eigenvalue weighted by molar-refractivity contribution is 7.15. The second kappa shape index (κ2) is 7.87. The molecule has 7 nitrogen and oxygen atoms in total. The average molecular weight is 412 g/mol. The number of aromatic nitrogens is 3. The first-order valence-corrected chi connectivity index (χ1v) is 10.5. The number of fused-ring (bicyclic) bond motifs is 1. The van der Waals surface area contributed by atoms with Gasteiger partial charge in [-0.1, -0.05) is 20.4 Å². The van der Waals surface area contributed by atoms with Crippen molar-refractivity contribution in [3.05, 3.63) is 42.1 Å². The van der Waals surface area contributed by atoms with Crippen molar-refractivity contribution < 1.29 is 9.53 Å². The molecule has 1 fully saturated rings. The molecule has 3 aromatic rings. The second-order valence-electron chi connectivity index (χ2n) is 7.70. The highest BCUT2D eigenvalue weighted by Crippen LogP contribution is 2.32. The molecule has 29 heavy (non-hydrogen) atoms.